The van der Waals surface area contributed by atoms with Crippen LogP contribution in [-0.4, -0.2) is 27.7 Å². The molecule has 0 spiro atoms. The van der Waals surface area contributed by atoms with Crippen LogP contribution in [0.3, 0.4) is 0 Å². The summed E-state index contributed by atoms with van der Waals surface area (Å²) in [6.07, 6.45) is 2.37. The number of aryl methyl sites for hydroxylation is 1. The lowest BCUT2D eigenvalue weighted by Crippen LogP contribution is -2.30. The summed E-state index contributed by atoms with van der Waals surface area (Å²) in [4.78, 5) is 9.34. The van der Waals surface area contributed by atoms with Gasteiger partial charge in [0, 0.05) is 17.7 Å². The molecule has 0 saturated heterocycles. The van der Waals surface area contributed by atoms with Gasteiger partial charge in [-0.1, -0.05) is 33.8 Å². The standard InChI is InChI=1S/C22H32N4O/c1-13(2)18-9-8-17(10-15(18)5)23-21-11-19(16-6-7-16)24-22(26-21)25-20(12-27)14(3)4/h8-11,13-14,16,20,27H,6-7,12H2,1-5H3,(H2,23,24,25,26)/t20-/m0/s1. The predicted molar refractivity (Wildman–Crippen MR) is 112 cm³/mol. The number of aliphatic hydroxyl groups is 1. The Morgan fingerprint density at radius 3 is 2.41 bits per heavy atom. The molecule has 0 bridgehead atoms. The smallest absolute Gasteiger partial charge is 0.225 e. The zero-order valence-electron chi connectivity index (χ0n) is 17.1. The molecule has 1 fully saturated rings. The third kappa shape index (κ3) is 4.98. The summed E-state index contributed by atoms with van der Waals surface area (Å²) in [6.45, 7) is 10.8. The van der Waals surface area contributed by atoms with Crippen molar-refractivity contribution in [1.82, 2.24) is 9.97 Å². The summed E-state index contributed by atoms with van der Waals surface area (Å²) in [7, 11) is 0. The highest BCUT2D eigenvalue weighted by Crippen LogP contribution is 2.40. The van der Waals surface area contributed by atoms with E-state index in [4.69, 9.17) is 0 Å². The lowest BCUT2D eigenvalue weighted by molar-refractivity contribution is 0.248. The third-order valence-corrected chi connectivity index (χ3v) is 5.22. The Bertz CT molecular complexity index is 784. The van der Waals surface area contributed by atoms with Crippen LogP contribution in [0.2, 0.25) is 0 Å². The monoisotopic (exact) mass is 368 g/mol. The third-order valence-electron chi connectivity index (χ3n) is 5.22. The maximum atomic E-state index is 9.62. The van der Waals surface area contributed by atoms with Crippen molar-refractivity contribution in [3.8, 4) is 0 Å². The molecule has 5 nitrogen and oxygen atoms in total. The van der Waals surface area contributed by atoms with Gasteiger partial charge in [-0.3, -0.25) is 0 Å². The number of aliphatic hydroxyl groups excluding tert-OH is 1. The zero-order valence-corrected chi connectivity index (χ0v) is 17.1. The van der Waals surface area contributed by atoms with Crippen molar-refractivity contribution in [3.63, 3.8) is 0 Å². The molecule has 27 heavy (non-hydrogen) atoms. The first-order valence-corrected chi connectivity index (χ1v) is 10.0. The summed E-state index contributed by atoms with van der Waals surface area (Å²) in [5, 5.41) is 16.4. The molecule has 3 N–H and O–H groups in total. The molecule has 0 amide bonds. The van der Waals surface area contributed by atoms with Gasteiger partial charge in [-0.2, -0.15) is 4.98 Å². The molecular formula is C22H32N4O. The topological polar surface area (TPSA) is 70.1 Å². The number of anilines is 3. The van der Waals surface area contributed by atoms with Gasteiger partial charge in [-0.05, 0) is 54.9 Å². The maximum absolute atomic E-state index is 9.62. The van der Waals surface area contributed by atoms with E-state index in [2.05, 4.69) is 79.5 Å². The van der Waals surface area contributed by atoms with Gasteiger partial charge in [-0.15, -0.1) is 0 Å². The Labute approximate surface area is 162 Å². The highest BCUT2D eigenvalue weighted by atomic mass is 16.3. The minimum absolute atomic E-state index is 0.0557. The minimum Gasteiger partial charge on any atom is -0.394 e. The van der Waals surface area contributed by atoms with Gasteiger partial charge in [0.25, 0.3) is 0 Å². The molecule has 0 aliphatic heterocycles. The zero-order chi connectivity index (χ0) is 19.6. The Morgan fingerprint density at radius 2 is 1.85 bits per heavy atom. The lowest BCUT2D eigenvalue weighted by atomic mass is 9.98. The molecule has 0 radical (unpaired) electrons. The molecule has 1 saturated carbocycles. The van der Waals surface area contributed by atoms with Crippen molar-refractivity contribution in [1.29, 1.82) is 0 Å². The van der Waals surface area contributed by atoms with Crippen LogP contribution in [0.25, 0.3) is 0 Å². The SMILES string of the molecule is Cc1cc(Nc2cc(C3CC3)nc(N[C@@H](CO)C(C)C)n2)ccc1C(C)C. The Balaban J connectivity index is 1.85. The van der Waals surface area contributed by atoms with Gasteiger partial charge in [0.15, 0.2) is 0 Å². The van der Waals surface area contributed by atoms with Crippen molar-refractivity contribution in [3.05, 3.63) is 41.1 Å². The van der Waals surface area contributed by atoms with E-state index in [1.807, 2.05) is 0 Å². The minimum atomic E-state index is -0.0557. The van der Waals surface area contributed by atoms with Crippen LogP contribution in [-0.2, 0) is 0 Å². The van der Waals surface area contributed by atoms with Gasteiger partial charge in [0.05, 0.1) is 18.3 Å². The fourth-order valence-corrected chi connectivity index (χ4v) is 3.32. The number of aromatic nitrogens is 2. The van der Waals surface area contributed by atoms with Crippen molar-refractivity contribution in [2.24, 2.45) is 5.92 Å². The number of nitrogens with one attached hydrogen (secondary N) is 2. The number of benzene rings is 1. The van der Waals surface area contributed by atoms with E-state index in [0.717, 1.165) is 17.2 Å². The first kappa shape index (κ1) is 19.6. The summed E-state index contributed by atoms with van der Waals surface area (Å²) in [5.74, 6) is 2.73. The van der Waals surface area contributed by atoms with E-state index in [0.29, 0.717) is 23.7 Å². The molecule has 1 aliphatic rings. The molecule has 3 rings (SSSR count). The fraction of sp³-hybridized carbons (Fsp3) is 0.545. The van der Waals surface area contributed by atoms with E-state index in [9.17, 15) is 5.11 Å². The molecular weight excluding hydrogens is 336 g/mol. The summed E-state index contributed by atoms with van der Waals surface area (Å²) in [6, 6.07) is 8.47. The van der Waals surface area contributed by atoms with Gasteiger partial charge >= 0.3 is 0 Å². The average Bonchev–Trinajstić information content (AvgIpc) is 3.44. The molecule has 1 atom stereocenters. The quantitative estimate of drug-likeness (QED) is 0.614. The summed E-state index contributed by atoms with van der Waals surface area (Å²) >= 11 is 0. The van der Waals surface area contributed by atoms with E-state index in [1.165, 1.54) is 24.0 Å². The first-order chi connectivity index (χ1) is 12.9. The lowest BCUT2D eigenvalue weighted by Gasteiger charge is -2.21. The van der Waals surface area contributed by atoms with Crippen molar-refractivity contribution in [2.75, 3.05) is 17.2 Å². The molecule has 5 heteroatoms. The first-order valence-electron chi connectivity index (χ1n) is 10.0. The number of rotatable bonds is 8. The summed E-state index contributed by atoms with van der Waals surface area (Å²) < 4.78 is 0. The van der Waals surface area contributed by atoms with Crippen LogP contribution in [0.1, 0.15) is 69.2 Å². The van der Waals surface area contributed by atoms with E-state index in [1.54, 1.807) is 0 Å². The van der Waals surface area contributed by atoms with Crippen molar-refractivity contribution < 1.29 is 5.11 Å². The second-order valence-corrected chi connectivity index (χ2v) is 8.30. The fourth-order valence-electron chi connectivity index (χ4n) is 3.32. The molecule has 2 aromatic rings. The van der Waals surface area contributed by atoms with Gasteiger partial charge in [-0.25, -0.2) is 4.98 Å². The van der Waals surface area contributed by atoms with Gasteiger partial charge in [0.2, 0.25) is 5.95 Å². The second kappa shape index (κ2) is 8.26. The average molecular weight is 369 g/mol. The number of nitrogens with zero attached hydrogens (tertiary/aromatic N) is 2. The molecule has 1 heterocycles. The molecule has 0 unspecified atom stereocenters. The van der Waals surface area contributed by atoms with Gasteiger partial charge < -0.3 is 15.7 Å². The van der Waals surface area contributed by atoms with E-state index < -0.39 is 0 Å². The van der Waals surface area contributed by atoms with E-state index in [-0.39, 0.29) is 12.6 Å². The Hall–Kier alpha value is -2.14. The predicted octanol–water partition coefficient (Wildman–Crippen LogP) is 4.96. The maximum Gasteiger partial charge on any atom is 0.225 e. The normalized spacial score (nSPS) is 15.3. The molecule has 146 valence electrons. The Morgan fingerprint density at radius 1 is 1.11 bits per heavy atom. The van der Waals surface area contributed by atoms with Crippen LogP contribution < -0.4 is 10.6 Å². The molecule has 1 aliphatic carbocycles. The highest BCUT2D eigenvalue weighted by molar-refractivity contribution is 5.60. The largest absolute Gasteiger partial charge is 0.394 e. The van der Waals surface area contributed by atoms with Crippen molar-refractivity contribution >= 4 is 17.5 Å². The van der Waals surface area contributed by atoms with Crippen LogP contribution in [0.4, 0.5) is 17.5 Å². The van der Waals surface area contributed by atoms with Crippen LogP contribution >= 0.6 is 0 Å². The number of hydrogen-bond acceptors (Lipinski definition) is 5. The Kier molecular flexibility index (Phi) is 6.00. The molecule has 1 aromatic carbocycles. The van der Waals surface area contributed by atoms with Gasteiger partial charge in [0.1, 0.15) is 5.82 Å². The van der Waals surface area contributed by atoms with E-state index >= 15 is 0 Å². The number of hydrogen-bond donors (Lipinski definition) is 3. The van der Waals surface area contributed by atoms with Crippen LogP contribution in [0, 0.1) is 12.8 Å². The van der Waals surface area contributed by atoms with Crippen LogP contribution in [0.15, 0.2) is 24.3 Å². The summed E-state index contributed by atoms with van der Waals surface area (Å²) in [5.41, 5.74) is 4.76. The highest BCUT2D eigenvalue weighted by Gasteiger charge is 2.26. The van der Waals surface area contributed by atoms with Crippen LogP contribution in [0.5, 0.6) is 0 Å². The molecule has 1 aromatic heterocycles. The van der Waals surface area contributed by atoms with Crippen molar-refractivity contribution in [2.45, 2.75) is 65.3 Å². The second-order valence-electron chi connectivity index (χ2n) is 8.30.